The molecule has 0 aliphatic heterocycles. The smallest absolute Gasteiger partial charge is 0.118 e. The summed E-state index contributed by atoms with van der Waals surface area (Å²) >= 11 is 6.19. The molecule has 2 N–H and O–H groups in total. The molecule has 2 aromatic rings. The zero-order valence-electron chi connectivity index (χ0n) is 11.8. The van der Waals surface area contributed by atoms with Crippen LogP contribution in [0.2, 0.25) is 5.02 Å². The summed E-state index contributed by atoms with van der Waals surface area (Å²) in [6.07, 6.45) is 0. The first-order chi connectivity index (χ1) is 9.63. The number of nitrogens with zero attached hydrogens (tertiary/aromatic N) is 1. The van der Waals surface area contributed by atoms with Gasteiger partial charge < -0.3 is 15.4 Å². The van der Waals surface area contributed by atoms with E-state index in [1.165, 1.54) is 5.56 Å². The molecule has 0 atom stereocenters. The van der Waals surface area contributed by atoms with Gasteiger partial charge in [-0.1, -0.05) is 29.8 Å². The van der Waals surface area contributed by atoms with E-state index in [2.05, 4.69) is 17.0 Å². The Labute approximate surface area is 124 Å². The van der Waals surface area contributed by atoms with Crippen LogP contribution in [0.1, 0.15) is 11.1 Å². The SMILES string of the molecule is COc1ccc(CN(C)c2ccc(CN)c(Cl)c2)cc1. The lowest BCUT2D eigenvalue weighted by Gasteiger charge is -2.20. The predicted molar refractivity (Wildman–Crippen MR) is 84.4 cm³/mol. The van der Waals surface area contributed by atoms with Gasteiger partial charge in [-0.25, -0.2) is 0 Å². The van der Waals surface area contributed by atoms with E-state index in [4.69, 9.17) is 22.1 Å². The summed E-state index contributed by atoms with van der Waals surface area (Å²) < 4.78 is 5.16. The zero-order valence-corrected chi connectivity index (χ0v) is 12.5. The van der Waals surface area contributed by atoms with Gasteiger partial charge in [-0.3, -0.25) is 0 Å². The van der Waals surface area contributed by atoms with Gasteiger partial charge in [0.1, 0.15) is 5.75 Å². The summed E-state index contributed by atoms with van der Waals surface area (Å²) in [4.78, 5) is 2.15. The summed E-state index contributed by atoms with van der Waals surface area (Å²) in [7, 11) is 3.71. The number of nitrogens with two attached hydrogens (primary N) is 1. The first kappa shape index (κ1) is 14.7. The molecule has 0 unspecified atom stereocenters. The Hall–Kier alpha value is -1.71. The molecule has 0 aromatic heterocycles. The molecule has 4 heteroatoms. The lowest BCUT2D eigenvalue weighted by Crippen LogP contribution is -2.16. The van der Waals surface area contributed by atoms with E-state index in [-0.39, 0.29) is 0 Å². The van der Waals surface area contributed by atoms with Crippen molar-refractivity contribution in [1.29, 1.82) is 0 Å². The second kappa shape index (κ2) is 6.64. The van der Waals surface area contributed by atoms with E-state index in [9.17, 15) is 0 Å². The third-order valence-corrected chi connectivity index (χ3v) is 3.63. The fourth-order valence-corrected chi connectivity index (χ4v) is 2.29. The molecule has 0 saturated carbocycles. The van der Waals surface area contributed by atoms with Crippen molar-refractivity contribution in [1.82, 2.24) is 0 Å². The molecule has 0 spiro atoms. The second-order valence-electron chi connectivity index (χ2n) is 4.68. The molecule has 0 aliphatic rings. The Balaban J connectivity index is 2.10. The fraction of sp³-hybridized carbons (Fsp3) is 0.250. The molecule has 0 aliphatic carbocycles. The first-order valence-electron chi connectivity index (χ1n) is 6.46. The highest BCUT2D eigenvalue weighted by Gasteiger charge is 2.05. The van der Waals surface area contributed by atoms with Crippen LogP contribution in [0, 0.1) is 0 Å². The van der Waals surface area contributed by atoms with Crippen LogP contribution in [-0.2, 0) is 13.1 Å². The maximum absolute atomic E-state index is 6.19. The molecule has 3 nitrogen and oxygen atoms in total. The summed E-state index contributed by atoms with van der Waals surface area (Å²) in [6.45, 7) is 1.27. The number of methoxy groups -OCH3 is 1. The number of ether oxygens (including phenoxy) is 1. The minimum atomic E-state index is 0.460. The Morgan fingerprint density at radius 2 is 1.85 bits per heavy atom. The maximum Gasteiger partial charge on any atom is 0.118 e. The Morgan fingerprint density at radius 3 is 2.40 bits per heavy atom. The van der Waals surface area contributed by atoms with Crippen LogP contribution in [-0.4, -0.2) is 14.2 Å². The number of hydrogen-bond donors (Lipinski definition) is 1. The molecule has 0 radical (unpaired) electrons. The molecule has 2 rings (SSSR count). The van der Waals surface area contributed by atoms with Gasteiger partial charge in [0.15, 0.2) is 0 Å². The quantitative estimate of drug-likeness (QED) is 0.917. The van der Waals surface area contributed by atoms with Crippen LogP contribution < -0.4 is 15.4 Å². The molecular formula is C16H19ClN2O. The van der Waals surface area contributed by atoms with Crippen molar-refractivity contribution in [2.75, 3.05) is 19.1 Å². The van der Waals surface area contributed by atoms with E-state index in [1.54, 1.807) is 7.11 Å². The molecule has 0 heterocycles. The predicted octanol–water partition coefficient (Wildman–Crippen LogP) is 3.44. The Bertz CT molecular complexity index is 569. The normalized spacial score (nSPS) is 10.4. The molecular weight excluding hydrogens is 272 g/mol. The van der Waals surface area contributed by atoms with Gasteiger partial charge in [0.25, 0.3) is 0 Å². The highest BCUT2D eigenvalue weighted by molar-refractivity contribution is 6.31. The van der Waals surface area contributed by atoms with Crippen LogP contribution >= 0.6 is 11.6 Å². The number of hydrogen-bond acceptors (Lipinski definition) is 3. The van der Waals surface area contributed by atoms with Crippen LogP contribution in [0.4, 0.5) is 5.69 Å². The minimum absolute atomic E-state index is 0.460. The highest BCUT2D eigenvalue weighted by atomic mass is 35.5. The van der Waals surface area contributed by atoms with Crippen molar-refractivity contribution in [3.05, 3.63) is 58.6 Å². The van der Waals surface area contributed by atoms with E-state index in [0.717, 1.165) is 23.5 Å². The monoisotopic (exact) mass is 290 g/mol. The van der Waals surface area contributed by atoms with E-state index < -0.39 is 0 Å². The topological polar surface area (TPSA) is 38.5 Å². The van der Waals surface area contributed by atoms with Crippen molar-refractivity contribution in [3.8, 4) is 5.75 Å². The average Bonchev–Trinajstić information content (AvgIpc) is 2.48. The van der Waals surface area contributed by atoms with Gasteiger partial charge in [0.05, 0.1) is 7.11 Å². The van der Waals surface area contributed by atoms with Gasteiger partial charge >= 0.3 is 0 Å². The molecule has 20 heavy (non-hydrogen) atoms. The molecule has 2 aromatic carbocycles. The van der Waals surface area contributed by atoms with Gasteiger partial charge in [0.2, 0.25) is 0 Å². The van der Waals surface area contributed by atoms with Crippen LogP contribution in [0.15, 0.2) is 42.5 Å². The van der Waals surface area contributed by atoms with Gasteiger partial charge in [-0.2, -0.15) is 0 Å². The molecule has 0 saturated heterocycles. The van der Waals surface area contributed by atoms with Crippen molar-refractivity contribution in [3.63, 3.8) is 0 Å². The van der Waals surface area contributed by atoms with Gasteiger partial charge in [-0.05, 0) is 35.4 Å². The largest absolute Gasteiger partial charge is 0.497 e. The molecule has 106 valence electrons. The highest BCUT2D eigenvalue weighted by Crippen LogP contribution is 2.24. The van der Waals surface area contributed by atoms with Crippen LogP contribution in [0.25, 0.3) is 0 Å². The average molecular weight is 291 g/mol. The Kier molecular flexibility index (Phi) is 4.88. The number of anilines is 1. The molecule has 0 bridgehead atoms. The molecule has 0 amide bonds. The van der Waals surface area contributed by atoms with Crippen LogP contribution in [0.3, 0.4) is 0 Å². The summed E-state index contributed by atoms with van der Waals surface area (Å²) in [5.41, 5.74) is 8.87. The summed E-state index contributed by atoms with van der Waals surface area (Å²) in [6, 6.07) is 14.0. The minimum Gasteiger partial charge on any atom is -0.497 e. The third kappa shape index (κ3) is 3.44. The van der Waals surface area contributed by atoms with Crippen LogP contribution in [0.5, 0.6) is 5.75 Å². The van der Waals surface area contributed by atoms with Crippen molar-refractivity contribution in [2.24, 2.45) is 5.73 Å². The number of benzene rings is 2. The summed E-state index contributed by atoms with van der Waals surface area (Å²) in [5.74, 6) is 0.867. The number of halogens is 1. The third-order valence-electron chi connectivity index (χ3n) is 3.28. The molecule has 0 fully saturated rings. The Morgan fingerprint density at radius 1 is 1.15 bits per heavy atom. The second-order valence-corrected chi connectivity index (χ2v) is 5.09. The standard InChI is InChI=1S/C16H19ClN2O/c1-19(11-12-3-7-15(20-2)8-4-12)14-6-5-13(10-18)16(17)9-14/h3-9H,10-11,18H2,1-2H3. The van der Waals surface area contributed by atoms with E-state index in [0.29, 0.717) is 11.6 Å². The maximum atomic E-state index is 6.19. The van der Waals surface area contributed by atoms with Crippen molar-refractivity contribution >= 4 is 17.3 Å². The van der Waals surface area contributed by atoms with E-state index in [1.807, 2.05) is 37.4 Å². The fourth-order valence-electron chi connectivity index (χ4n) is 2.04. The lowest BCUT2D eigenvalue weighted by molar-refractivity contribution is 0.414. The van der Waals surface area contributed by atoms with Crippen molar-refractivity contribution in [2.45, 2.75) is 13.1 Å². The first-order valence-corrected chi connectivity index (χ1v) is 6.84. The zero-order chi connectivity index (χ0) is 14.5. The lowest BCUT2D eigenvalue weighted by atomic mass is 10.1. The van der Waals surface area contributed by atoms with Gasteiger partial charge in [0, 0.05) is 30.8 Å². The van der Waals surface area contributed by atoms with Gasteiger partial charge in [-0.15, -0.1) is 0 Å². The van der Waals surface area contributed by atoms with E-state index >= 15 is 0 Å². The van der Waals surface area contributed by atoms with Crippen molar-refractivity contribution < 1.29 is 4.74 Å². The summed E-state index contributed by atoms with van der Waals surface area (Å²) in [5, 5.41) is 0.714. The number of rotatable bonds is 5.